The summed E-state index contributed by atoms with van der Waals surface area (Å²) in [6.45, 7) is 4.42. The largest absolute Gasteiger partial charge is 0.385 e. The zero-order valence-corrected chi connectivity index (χ0v) is 11.7. The number of hydrogen-bond donors (Lipinski definition) is 2. The van der Waals surface area contributed by atoms with Crippen LogP contribution in [0, 0.1) is 10.1 Å². The van der Waals surface area contributed by atoms with E-state index in [9.17, 15) is 18.5 Å². The van der Waals surface area contributed by atoms with Gasteiger partial charge in [0.25, 0.3) is 5.69 Å². The Hall–Kier alpha value is -1.67. The van der Waals surface area contributed by atoms with Crippen LogP contribution in [0.2, 0.25) is 0 Å². The van der Waals surface area contributed by atoms with Crippen molar-refractivity contribution in [1.82, 2.24) is 4.72 Å². The van der Waals surface area contributed by atoms with E-state index in [-0.39, 0.29) is 11.4 Å². The monoisotopic (exact) mass is 287 g/mol. The van der Waals surface area contributed by atoms with Crippen LogP contribution in [0.4, 0.5) is 11.4 Å². The van der Waals surface area contributed by atoms with Gasteiger partial charge in [-0.05, 0) is 18.6 Å². The Balaban J connectivity index is 3.27. The maximum atomic E-state index is 11.9. The molecule has 0 aromatic heterocycles. The van der Waals surface area contributed by atoms with Crippen molar-refractivity contribution in [3.8, 4) is 0 Å². The molecular formula is C11H17N3O4S. The summed E-state index contributed by atoms with van der Waals surface area (Å²) in [6.07, 6.45) is 0.867. The van der Waals surface area contributed by atoms with Crippen molar-refractivity contribution in [2.24, 2.45) is 0 Å². The molecule has 7 nitrogen and oxygen atoms in total. The predicted molar refractivity (Wildman–Crippen MR) is 72.7 cm³/mol. The third-order valence-corrected chi connectivity index (χ3v) is 3.93. The fraction of sp³-hybridized carbons (Fsp3) is 0.455. The third kappa shape index (κ3) is 3.90. The number of nitro groups is 1. The van der Waals surface area contributed by atoms with Gasteiger partial charge in [-0.25, -0.2) is 13.1 Å². The highest BCUT2D eigenvalue weighted by molar-refractivity contribution is 7.89. The average molecular weight is 287 g/mol. The van der Waals surface area contributed by atoms with Crippen LogP contribution >= 0.6 is 0 Å². The van der Waals surface area contributed by atoms with Crippen molar-refractivity contribution in [3.05, 3.63) is 28.3 Å². The van der Waals surface area contributed by atoms with E-state index in [1.807, 2.05) is 6.92 Å². The molecule has 0 aliphatic rings. The first-order valence-electron chi connectivity index (χ1n) is 5.94. The van der Waals surface area contributed by atoms with E-state index in [0.29, 0.717) is 12.2 Å². The second-order valence-corrected chi connectivity index (χ2v) is 5.60. The number of nitrogens with zero attached hydrogens (tertiary/aromatic N) is 1. The molecule has 0 fully saturated rings. The highest BCUT2D eigenvalue weighted by Gasteiger charge is 2.25. The van der Waals surface area contributed by atoms with Gasteiger partial charge in [0, 0.05) is 24.8 Å². The molecule has 1 aromatic carbocycles. The number of sulfonamides is 1. The lowest BCUT2D eigenvalue weighted by molar-refractivity contribution is -0.387. The van der Waals surface area contributed by atoms with Crippen LogP contribution in [0.1, 0.15) is 20.3 Å². The van der Waals surface area contributed by atoms with Gasteiger partial charge in [0.2, 0.25) is 10.0 Å². The van der Waals surface area contributed by atoms with Crippen molar-refractivity contribution in [1.29, 1.82) is 0 Å². The molecule has 0 saturated carbocycles. The van der Waals surface area contributed by atoms with Gasteiger partial charge in [-0.3, -0.25) is 10.1 Å². The molecular weight excluding hydrogens is 270 g/mol. The highest BCUT2D eigenvalue weighted by atomic mass is 32.2. The Morgan fingerprint density at radius 1 is 1.32 bits per heavy atom. The summed E-state index contributed by atoms with van der Waals surface area (Å²) in [4.78, 5) is 9.87. The van der Waals surface area contributed by atoms with Gasteiger partial charge in [-0.2, -0.15) is 0 Å². The van der Waals surface area contributed by atoms with Gasteiger partial charge in [-0.1, -0.05) is 13.8 Å². The second-order valence-electron chi connectivity index (χ2n) is 3.87. The minimum Gasteiger partial charge on any atom is -0.385 e. The molecule has 0 aliphatic heterocycles. The molecule has 0 unspecified atom stereocenters. The lowest BCUT2D eigenvalue weighted by Gasteiger charge is -2.09. The van der Waals surface area contributed by atoms with Gasteiger partial charge in [0.15, 0.2) is 4.90 Å². The molecule has 8 heteroatoms. The average Bonchev–Trinajstić information content (AvgIpc) is 2.35. The fourth-order valence-corrected chi connectivity index (χ4v) is 2.76. The lowest BCUT2D eigenvalue weighted by Crippen LogP contribution is -2.24. The topological polar surface area (TPSA) is 101 Å². The number of nitro benzene ring substituents is 1. The Labute approximate surface area is 112 Å². The molecule has 1 rings (SSSR count). The quantitative estimate of drug-likeness (QED) is 0.587. The van der Waals surface area contributed by atoms with Crippen LogP contribution in [-0.2, 0) is 10.0 Å². The summed E-state index contributed by atoms with van der Waals surface area (Å²) >= 11 is 0. The number of anilines is 1. The number of benzene rings is 1. The van der Waals surface area contributed by atoms with Crippen molar-refractivity contribution in [3.63, 3.8) is 0 Å². The molecule has 0 heterocycles. The first kappa shape index (κ1) is 15.4. The van der Waals surface area contributed by atoms with Crippen molar-refractivity contribution in [2.75, 3.05) is 18.4 Å². The Bertz CT molecular complexity index is 557. The van der Waals surface area contributed by atoms with Crippen molar-refractivity contribution < 1.29 is 13.3 Å². The summed E-state index contributed by atoms with van der Waals surface area (Å²) in [5.41, 5.74) is 0.118. The molecule has 0 saturated heterocycles. The van der Waals surface area contributed by atoms with E-state index in [0.717, 1.165) is 6.42 Å². The minimum absolute atomic E-state index is 0.173. The molecule has 0 atom stereocenters. The molecule has 1 aromatic rings. The molecule has 0 bridgehead atoms. The minimum atomic E-state index is -3.87. The molecule has 19 heavy (non-hydrogen) atoms. The van der Waals surface area contributed by atoms with E-state index < -0.39 is 20.6 Å². The van der Waals surface area contributed by atoms with Gasteiger partial charge in [0.05, 0.1) is 4.92 Å². The van der Waals surface area contributed by atoms with Crippen LogP contribution in [0.3, 0.4) is 0 Å². The molecule has 0 radical (unpaired) electrons. The standard InChI is InChI=1S/C11H17N3O4S/c1-3-7-12-9-5-6-10(14(15)16)11(8-9)19(17,18)13-4-2/h5-6,8,12-13H,3-4,7H2,1-2H3. The predicted octanol–water partition coefficient (Wildman–Crippen LogP) is 1.71. The Kier molecular flexibility index (Phi) is 5.25. The Morgan fingerprint density at radius 3 is 2.53 bits per heavy atom. The van der Waals surface area contributed by atoms with Crippen LogP contribution in [0.15, 0.2) is 23.1 Å². The van der Waals surface area contributed by atoms with Gasteiger partial charge < -0.3 is 5.32 Å². The zero-order valence-electron chi connectivity index (χ0n) is 10.8. The second kappa shape index (κ2) is 6.48. The maximum absolute atomic E-state index is 11.9. The van der Waals surface area contributed by atoms with Crippen molar-refractivity contribution in [2.45, 2.75) is 25.2 Å². The summed E-state index contributed by atoms with van der Waals surface area (Å²) in [5.74, 6) is 0. The Morgan fingerprint density at radius 2 is 2.00 bits per heavy atom. The molecule has 106 valence electrons. The number of rotatable bonds is 7. The van der Waals surface area contributed by atoms with E-state index >= 15 is 0 Å². The molecule has 2 N–H and O–H groups in total. The van der Waals surface area contributed by atoms with Crippen LogP contribution < -0.4 is 10.0 Å². The molecule has 0 spiro atoms. The van der Waals surface area contributed by atoms with E-state index in [1.165, 1.54) is 18.2 Å². The highest BCUT2D eigenvalue weighted by Crippen LogP contribution is 2.26. The summed E-state index contributed by atoms with van der Waals surface area (Å²) < 4.78 is 26.1. The van der Waals surface area contributed by atoms with Gasteiger partial charge >= 0.3 is 0 Å². The maximum Gasteiger partial charge on any atom is 0.289 e. The van der Waals surface area contributed by atoms with Gasteiger partial charge in [0.1, 0.15) is 0 Å². The summed E-state index contributed by atoms with van der Waals surface area (Å²) in [7, 11) is -3.87. The fourth-order valence-electron chi connectivity index (χ4n) is 1.53. The van der Waals surface area contributed by atoms with Crippen molar-refractivity contribution >= 4 is 21.4 Å². The smallest absolute Gasteiger partial charge is 0.289 e. The van der Waals surface area contributed by atoms with Gasteiger partial charge in [-0.15, -0.1) is 0 Å². The van der Waals surface area contributed by atoms with Crippen LogP contribution in [0.25, 0.3) is 0 Å². The summed E-state index contributed by atoms with van der Waals surface area (Å²) in [6, 6.07) is 3.98. The van der Waals surface area contributed by atoms with E-state index in [1.54, 1.807) is 6.92 Å². The first-order chi connectivity index (χ1) is 8.92. The lowest BCUT2D eigenvalue weighted by atomic mass is 10.3. The number of hydrogen-bond acceptors (Lipinski definition) is 5. The third-order valence-electron chi connectivity index (χ3n) is 2.36. The first-order valence-corrected chi connectivity index (χ1v) is 7.42. The zero-order chi connectivity index (χ0) is 14.5. The number of nitrogens with one attached hydrogen (secondary N) is 2. The molecule has 0 amide bonds. The van der Waals surface area contributed by atoms with E-state index in [2.05, 4.69) is 10.0 Å². The normalized spacial score (nSPS) is 11.3. The summed E-state index contributed by atoms with van der Waals surface area (Å²) in [5, 5.41) is 13.9. The van der Waals surface area contributed by atoms with Crippen LogP contribution in [0.5, 0.6) is 0 Å². The van der Waals surface area contributed by atoms with E-state index in [4.69, 9.17) is 0 Å². The molecule has 0 aliphatic carbocycles. The van der Waals surface area contributed by atoms with Crippen LogP contribution in [-0.4, -0.2) is 26.4 Å². The SMILES string of the molecule is CCCNc1ccc([N+](=O)[O-])c(S(=O)(=O)NCC)c1.